The van der Waals surface area contributed by atoms with E-state index < -0.39 is 18.0 Å². The summed E-state index contributed by atoms with van der Waals surface area (Å²) < 4.78 is 46.6. The molecule has 33 heavy (non-hydrogen) atoms. The second kappa shape index (κ2) is 9.29. The van der Waals surface area contributed by atoms with Gasteiger partial charge >= 0.3 is 6.36 Å². The Morgan fingerprint density at radius 1 is 0.970 bits per heavy atom. The van der Waals surface area contributed by atoms with Gasteiger partial charge in [0.05, 0.1) is 5.69 Å². The molecule has 10 heteroatoms. The number of ether oxygens (including phenoxy) is 2. The molecular formula is C23H16F3N3O3S. The van der Waals surface area contributed by atoms with Crippen molar-refractivity contribution < 1.29 is 27.4 Å². The molecule has 2 heterocycles. The molecule has 0 unspecified atom stereocenters. The first-order valence-electron chi connectivity index (χ1n) is 9.63. The number of rotatable bonds is 6. The first kappa shape index (κ1) is 22.3. The number of carbonyl (C=O) groups excluding carboxylic acids is 1. The van der Waals surface area contributed by atoms with Crippen LogP contribution in [-0.2, 0) is 11.4 Å². The van der Waals surface area contributed by atoms with Gasteiger partial charge in [-0.15, -0.1) is 13.2 Å². The molecule has 3 aromatic rings. The minimum Gasteiger partial charge on any atom is -0.489 e. The maximum atomic E-state index is 12.8. The Hall–Kier alpha value is -3.92. The summed E-state index contributed by atoms with van der Waals surface area (Å²) in [6.45, 7) is 0.402. The van der Waals surface area contributed by atoms with Crippen molar-refractivity contribution in [2.45, 2.75) is 13.0 Å². The number of benzene rings is 2. The van der Waals surface area contributed by atoms with Crippen LogP contribution in [0.3, 0.4) is 0 Å². The van der Waals surface area contributed by atoms with Gasteiger partial charge in [-0.25, -0.2) is 0 Å². The Morgan fingerprint density at radius 2 is 1.61 bits per heavy atom. The summed E-state index contributed by atoms with van der Waals surface area (Å²) in [6, 6.07) is 15.7. The molecule has 1 amide bonds. The fraction of sp³-hybridized carbons (Fsp3) is 0.0870. The van der Waals surface area contributed by atoms with Gasteiger partial charge in [0.2, 0.25) is 0 Å². The van der Waals surface area contributed by atoms with Gasteiger partial charge in [-0.05, 0) is 78.0 Å². The lowest BCUT2D eigenvalue weighted by Gasteiger charge is -2.15. The van der Waals surface area contributed by atoms with Gasteiger partial charge in [0.25, 0.3) is 5.91 Å². The molecule has 2 aromatic carbocycles. The van der Waals surface area contributed by atoms with Crippen molar-refractivity contribution in [1.82, 2.24) is 10.3 Å². The molecule has 0 bridgehead atoms. The summed E-state index contributed by atoms with van der Waals surface area (Å²) in [5, 5.41) is 2.95. The molecule has 1 aliphatic rings. The van der Waals surface area contributed by atoms with E-state index in [1.165, 1.54) is 17.0 Å². The number of hydrogen-bond acceptors (Lipinski definition) is 5. The molecule has 1 aromatic heterocycles. The molecule has 1 N–H and O–H groups in total. The van der Waals surface area contributed by atoms with E-state index >= 15 is 0 Å². The zero-order valence-corrected chi connectivity index (χ0v) is 17.7. The first-order valence-corrected chi connectivity index (χ1v) is 10.0. The van der Waals surface area contributed by atoms with Gasteiger partial charge in [-0.2, -0.15) is 0 Å². The average Bonchev–Trinajstić information content (AvgIpc) is 3.06. The minimum atomic E-state index is -4.79. The second-order valence-corrected chi connectivity index (χ2v) is 7.27. The summed E-state index contributed by atoms with van der Waals surface area (Å²) in [4.78, 5) is 18.0. The number of thiocarbonyl (C=S) groups is 1. The monoisotopic (exact) mass is 471 g/mol. The van der Waals surface area contributed by atoms with Crippen molar-refractivity contribution in [3.05, 3.63) is 89.9 Å². The van der Waals surface area contributed by atoms with E-state index in [2.05, 4.69) is 15.0 Å². The fourth-order valence-corrected chi connectivity index (χ4v) is 3.34. The quantitative estimate of drug-likeness (QED) is 0.411. The van der Waals surface area contributed by atoms with Crippen molar-refractivity contribution in [2.75, 3.05) is 4.90 Å². The zero-order valence-electron chi connectivity index (χ0n) is 16.9. The van der Waals surface area contributed by atoms with Gasteiger partial charge in [0.15, 0.2) is 5.11 Å². The molecule has 0 spiro atoms. The second-order valence-electron chi connectivity index (χ2n) is 6.88. The van der Waals surface area contributed by atoms with Crippen molar-refractivity contribution in [3.63, 3.8) is 0 Å². The fourth-order valence-electron chi connectivity index (χ4n) is 3.04. The maximum absolute atomic E-state index is 12.8. The normalized spacial score (nSPS) is 15.0. The Labute approximate surface area is 192 Å². The van der Waals surface area contributed by atoms with E-state index in [1.54, 1.807) is 42.7 Å². The van der Waals surface area contributed by atoms with Crippen LogP contribution in [0, 0.1) is 0 Å². The number of pyridine rings is 1. The highest BCUT2D eigenvalue weighted by Gasteiger charge is 2.33. The number of anilines is 1. The molecule has 168 valence electrons. The predicted octanol–water partition coefficient (Wildman–Crippen LogP) is 4.82. The predicted molar refractivity (Wildman–Crippen MR) is 119 cm³/mol. The van der Waals surface area contributed by atoms with Crippen LogP contribution in [0.4, 0.5) is 18.9 Å². The van der Waals surface area contributed by atoms with Crippen LogP contribution in [-0.4, -0.2) is 22.4 Å². The van der Waals surface area contributed by atoms with E-state index in [0.29, 0.717) is 18.0 Å². The number of alkyl halides is 3. The molecule has 1 fully saturated rings. The molecule has 0 saturated carbocycles. The van der Waals surface area contributed by atoms with Crippen LogP contribution < -0.4 is 19.7 Å². The Balaban J connectivity index is 1.43. The van der Waals surface area contributed by atoms with Crippen molar-refractivity contribution in [2.24, 2.45) is 0 Å². The third-order valence-corrected chi connectivity index (χ3v) is 4.84. The van der Waals surface area contributed by atoms with Crippen LogP contribution in [0.2, 0.25) is 0 Å². The lowest BCUT2D eigenvalue weighted by Crippen LogP contribution is -2.30. The van der Waals surface area contributed by atoms with E-state index in [1.807, 2.05) is 12.1 Å². The van der Waals surface area contributed by atoms with E-state index in [9.17, 15) is 18.0 Å². The first-order chi connectivity index (χ1) is 15.8. The number of aromatic nitrogens is 1. The summed E-state index contributed by atoms with van der Waals surface area (Å²) in [6.07, 6.45) is 0.218. The summed E-state index contributed by atoms with van der Waals surface area (Å²) >= 11 is 5.23. The molecule has 1 saturated heterocycles. The van der Waals surface area contributed by atoms with E-state index in [-0.39, 0.29) is 10.8 Å². The van der Waals surface area contributed by atoms with Crippen molar-refractivity contribution >= 4 is 35.0 Å². The summed E-state index contributed by atoms with van der Waals surface area (Å²) in [7, 11) is 0. The average molecular weight is 471 g/mol. The molecule has 4 rings (SSSR count). The molecular weight excluding hydrogens is 455 g/mol. The number of amides is 1. The smallest absolute Gasteiger partial charge is 0.489 e. The van der Waals surface area contributed by atoms with Gasteiger partial charge in [0.1, 0.15) is 23.8 Å². The highest BCUT2D eigenvalue weighted by molar-refractivity contribution is 7.80. The molecule has 0 atom stereocenters. The largest absolute Gasteiger partial charge is 0.573 e. The Morgan fingerprint density at radius 3 is 2.24 bits per heavy atom. The van der Waals surface area contributed by atoms with Crippen molar-refractivity contribution in [1.29, 1.82) is 0 Å². The van der Waals surface area contributed by atoms with E-state index in [4.69, 9.17) is 17.0 Å². The minimum absolute atomic E-state index is 0.119. The summed E-state index contributed by atoms with van der Waals surface area (Å²) in [5.74, 6) is -0.153. The highest BCUT2D eigenvalue weighted by Crippen LogP contribution is 2.28. The number of nitrogens with one attached hydrogen (secondary N) is 1. The molecule has 0 aliphatic carbocycles. The number of nitrogens with zero attached hydrogens (tertiary/aromatic N) is 2. The summed E-state index contributed by atoms with van der Waals surface area (Å²) in [5.41, 5.74) is 2.28. The zero-order chi connectivity index (χ0) is 23.4. The third kappa shape index (κ3) is 5.66. The number of carbonyl (C=O) groups is 1. The van der Waals surface area contributed by atoms with Crippen LogP contribution in [0.25, 0.3) is 6.08 Å². The Kier molecular flexibility index (Phi) is 6.27. The van der Waals surface area contributed by atoms with Crippen molar-refractivity contribution in [3.8, 4) is 11.5 Å². The van der Waals surface area contributed by atoms with Crippen LogP contribution >= 0.6 is 12.2 Å². The Bertz CT molecular complexity index is 1180. The molecule has 1 aliphatic heterocycles. The third-order valence-electron chi connectivity index (χ3n) is 4.55. The standard InChI is InChI=1S/C23H16F3N3O3S/c24-23(25,26)32-19-7-3-17(4-8-19)29-21(30)20(28-22(29)33)13-15-1-5-18(6-2-15)31-14-16-9-11-27-12-10-16/h1-13H,14H2,(H,28,33)/b20-13-. The molecule has 0 radical (unpaired) electrons. The highest BCUT2D eigenvalue weighted by atomic mass is 32.1. The van der Waals surface area contributed by atoms with Gasteiger partial charge in [-0.3, -0.25) is 14.7 Å². The topological polar surface area (TPSA) is 63.7 Å². The lowest BCUT2D eigenvalue weighted by molar-refractivity contribution is -0.274. The molecule has 6 nitrogen and oxygen atoms in total. The van der Waals surface area contributed by atoms with Gasteiger partial charge in [0, 0.05) is 12.4 Å². The van der Waals surface area contributed by atoms with Gasteiger partial charge in [-0.1, -0.05) is 12.1 Å². The lowest BCUT2D eigenvalue weighted by atomic mass is 10.2. The van der Waals surface area contributed by atoms with E-state index in [0.717, 1.165) is 23.3 Å². The van der Waals surface area contributed by atoms with Crippen LogP contribution in [0.5, 0.6) is 11.5 Å². The van der Waals surface area contributed by atoms with Gasteiger partial charge < -0.3 is 14.8 Å². The van der Waals surface area contributed by atoms with Crippen LogP contribution in [0.15, 0.2) is 78.8 Å². The SMILES string of the molecule is O=C1/C(=C/c2ccc(OCc3ccncc3)cc2)NC(=S)N1c1ccc(OC(F)(F)F)cc1. The number of hydrogen-bond donors (Lipinski definition) is 1. The maximum Gasteiger partial charge on any atom is 0.573 e. The van der Waals surface area contributed by atoms with Crippen LogP contribution in [0.1, 0.15) is 11.1 Å². The number of halogens is 3.